The molecule has 7 nitrogen and oxygen atoms in total. The van der Waals surface area contributed by atoms with Gasteiger partial charge in [0, 0.05) is 40.8 Å². The first kappa shape index (κ1) is 15.9. The third-order valence-corrected chi connectivity index (χ3v) is 3.46. The molecule has 2 aromatic heterocycles. The normalized spacial score (nSPS) is 11.2. The molecule has 0 radical (unpaired) electrons. The molecule has 0 unspecified atom stereocenters. The fourth-order valence-electron chi connectivity index (χ4n) is 2.08. The molecule has 0 saturated heterocycles. The molecule has 2 heterocycles. The summed E-state index contributed by atoms with van der Waals surface area (Å²) in [5.74, 6) is 2.43. The van der Waals surface area contributed by atoms with Crippen LogP contribution < -0.4 is 9.80 Å². The topological polar surface area (TPSA) is 61.9 Å². The Bertz CT molecular complexity index is 698. The van der Waals surface area contributed by atoms with E-state index in [4.69, 9.17) is 0 Å². The van der Waals surface area contributed by atoms with Gasteiger partial charge in [-0.15, -0.1) is 10.2 Å². The quantitative estimate of drug-likeness (QED) is 0.814. The molecule has 0 fully saturated rings. The van der Waals surface area contributed by atoms with Crippen LogP contribution in [0.5, 0.6) is 0 Å². The number of nitrogens with zero attached hydrogens (tertiary/aromatic N) is 7. The lowest BCUT2D eigenvalue weighted by Crippen LogP contribution is -2.15. The average Bonchev–Trinajstić information content (AvgIpc) is 2.69. The number of azo groups is 1. The summed E-state index contributed by atoms with van der Waals surface area (Å²) in [5.41, 5.74) is 2.73. The second kappa shape index (κ2) is 6.13. The van der Waals surface area contributed by atoms with Crippen molar-refractivity contribution in [1.82, 2.24) is 14.8 Å². The van der Waals surface area contributed by atoms with E-state index in [1.807, 2.05) is 71.0 Å². The van der Waals surface area contributed by atoms with Crippen molar-refractivity contribution in [2.24, 2.45) is 17.3 Å². The van der Waals surface area contributed by atoms with Gasteiger partial charge in [-0.2, -0.15) is 5.10 Å². The molecule has 0 aliphatic rings. The third-order valence-electron chi connectivity index (χ3n) is 3.46. The van der Waals surface area contributed by atoms with Crippen LogP contribution in [0.3, 0.4) is 0 Å². The van der Waals surface area contributed by atoms with E-state index in [0.29, 0.717) is 0 Å². The summed E-state index contributed by atoms with van der Waals surface area (Å²) in [6.07, 6.45) is 0. The molecule has 0 aliphatic heterocycles. The van der Waals surface area contributed by atoms with E-state index in [9.17, 15) is 0 Å². The van der Waals surface area contributed by atoms with Crippen LogP contribution in [0.2, 0.25) is 0 Å². The first-order valence-corrected chi connectivity index (χ1v) is 7.09. The van der Waals surface area contributed by atoms with Gasteiger partial charge in [0.25, 0.3) is 0 Å². The number of hydrogen-bond donors (Lipinski definition) is 0. The Morgan fingerprint density at radius 2 is 1.68 bits per heavy atom. The summed E-state index contributed by atoms with van der Waals surface area (Å²) < 4.78 is 1.74. The molecule has 0 aromatic carbocycles. The summed E-state index contributed by atoms with van der Waals surface area (Å²) >= 11 is 0. The standard InChI is InChI=1S/C15H23N7/c1-10-11(2)19-22(7)14(10)18-17-12-8-9-13(20(3)4)16-15(12)21(5)6/h8-9H,1-7H3. The molecular formula is C15H23N7. The molecular weight excluding hydrogens is 278 g/mol. The lowest BCUT2D eigenvalue weighted by Gasteiger charge is -2.17. The van der Waals surface area contributed by atoms with E-state index in [1.165, 1.54) is 0 Å². The number of aryl methyl sites for hydroxylation is 2. The maximum absolute atomic E-state index is 4.61. The Hall–Kier alpha value is -2.44. The third kappa shape index (κ3) is 3.08. The maximum Gasteiger partial charge on any atom is 0.175 e. The van der Waals surface area contributed by atoms with Crippen molar-refractivity contribution in [2.45, 2.75) is 13.8 Å². The number of rotatable bonds is 4. The van der Waals surface area contributed by atoms with Gasteiger partial charge in [0.1, 0.15) is 11.5 Å². The highest BCUT2D eigenvalue weighted by Gasteiger charge is 2.11. The van der Waals surface area contributed by atoms with Crippen molar-refractivity contribution in [3.05, 3.63) is 23.4 Å². The summed E-state index contributed by atoms with van der Waals surface area (Å²) in [4.78, 5) is 8.50. The molecule has 0 spiro atoms. The lowest BCUT2D eigenvalue weighted by atomic mass is 10.3. The molecule has 0 bridgehead atoms. The van der Waals surface area contributed by atoms with E-state index in [1.54, 1.807) is 4.68 Å². The summed E-state index contributed by atoms with van der Waals surface area (Å²) in [6, 6.07) is 3.86. The maximum atomic E-state index is 4.61. The highest BCUT2D eigenvalue weighted by Crippen LogP contribution is 2.30. The van der Waals surface area contributed by atoms with Crippen molar-refractivity contribution in [1.29, 1.82) is 0 Å². The number of anilines is 2. The minimum Gasteiger partial charge on any atom is -0.363 e. The zero-order valence-corrected chi connectivity index (χ0v) is 14.3. The minimum atomic E-state index is 0.730. The molecule has 0 aliphatic carbocycles. The van der Waals surface area contributed by atoms with Crippen LogP contribution in [0.4, 0.5) is 23.1 Å². The summed E-state index contributed by atoms with van der Waals surface area (Å²) in [5, 5.41) is 13.1. The van der Waals surface area contributed by atoms with Crippen molar-refractivity contribution >= 4 is 23.1 Å². The second-order valence-corrected chi connectivity index (χ2v) is 5.66. The monoisotopic (exact) mass is 301 g/mol. The predicted molar refractivity (Wildman–Crippen MR) is 89.7 cm³/mol. The fraction of sp³-hybridized carbons (Fsp3) is 0.467. The van der Waals surface area contributed by atoms with Crippen molar-refractivity contribution in [3.8, 4) is 0 Å². The van der Waals surface area contributed by atoms with Crippen molar-refractivity contribution < 1.29 is 0 Å². The van der Waals surface area contributed by atoms with E-state index in [-0.39, 0.29) is 0 Å². The van der Waals surface area contributed by atoms with E-state index < -0.39 is 0 Å². The van der Waals surface area contributed by atoms with Crippen LogP contribution in [0.1, 0.15) is 11.3 Å². The predicted octanol–water partition coefficient (Wildman–Crippen LogP) is 2.98. The number of aromatic nitrogens is 3. The molecule has 2 aromatic rings. The molecule has 118 valence electrons. The van der Waals surface area contributed by atoms with E-state index >= 15 is 0 Å². The molecule has 0 saturated carbocycles. The molecule has 0 atom stereocenters. The van der Waals surface area contributed by atoms with Crippen LogP contribution in [-0.4, -0.2) is 43.0 Å². The van der Waals surface area contributed by atoms with Gasteiger partial charge in [-0.25, -0.2) is 9.67 Å². The number of pyridine rings is 1. The smallest absolute Gasteiger partial charge is 0.175 e. The zero-order valence-electron chi connectivity index (χ0n) is 14.3. The second-order valence-electron chi connectivity index (χ2n) is 5.66. The van der Waals surface area contributed by atoms with Crippen molar-refractivity contribution in [3.63, 3.8) is 0 Å². The highest BCUT2D eigenvalue weighted by atomic mass is 15.3. The van der Waals surface area contributed by atoms with Gasteiger partial charge >= 0.3 is 0 Å². The molecule has 2 rings (SSSR count). The number of hydrogen-bond acceptors (Lipinski definition) is 6. The Labute approximate surface area is 131 Å². The Kier molecular flexibility index (Phi) is 4.44. The molecule has 22 heavy (non-hydrogen) atoms. The van der Waals surface area contributed by atoms with Gasteiger partial charge in [0.15, 0.2) is 11.6 Å². The van der Waals surface area contributed by atoms with Crippen molar-refractivity contribution in [2.75, 3.05) is 38.0 Å². The van der Waals surface area contributed by atoms with E-state index in [0.717, 1.165) is 34.4 Å². The highest BCUT2D eigenvalue weighted by molar-refractivity contribution is 5.64. The Morgan fingerprint density at radius 3 is 2.18 bits per heavy atom. The Morgan fingerprint density at radius 1 is 1.00 bits per heavy atom. The van der Waals surface area contributed by atoms with Gasteiger partial charge < -0.3 is 9.80 Å². The molecule has 0 N–H and O–H groups in total. The first-order valence-electron chi connectivity index (χ1n) is 7.09. The van der Waals surface area contributed by atoms with Crippen LogP contribution in [0.15, 0.2) is 22.4 Å². The SMILES string of the molecule is Cc1nn(C)c(N=Nc2ccc(N(C)C)nc2N(C)C)c1C. The van der Waals surface area contributed by atoms with Crippen LogP contribution >= 0.6 is 0 Å². The average molecular weight is 301 g/mol. The summed E-state index contributed by atoms with van der Waals surface area (Å²) in [7, 11) is 9.69. The molecule has 0 amide bonds. The first-order chi connectivity index (χ1) is 10.3. The van der Waals surface area contributed by atoms with Gasteiger partial charge in [0.2, 0.25) is 0 Å². The largest absolute Gasteiger partial charge is 0.363 e. The van der Waals surface area contributed by atoms with Crippen LogP contribution in [0.25, 0.3) is 0 Å². The van der Waals surface area contributed by atoms with Crippen LogP contribution in [-0.2, 0) is 7.05 Å². The Balaban J connectivity index is 2.42. The van der Waals surface area contributed by atoms with E-state index in [2.05, 4.69) is 20.3 Å². The minimum absolute atomic E-state index is 0.730. The van der Waals surface area contributed by atoms with Gasteiger partial charge in [-0.05, 0) is 26.0 Å². The lowest BCUT2D eigenvalue weighted by molar-refractivity contribution is 0.753. The fourth-order valence-corrected chi connectivity index (χ4v) is 2.08. The van der Waals surface area contributed by atoms with Gasteiger partial charge in [0.05, 0.1) is 5.69 Å². The van der Waals surface area contributed by atoms with Gasteiger partial charge in [-0.3, -0.25) is 0 Å². The summed E-state index contributed by atoms with van der Waals surface area (Å²) in [6.45, 7) is 3.96. The molecule has 7 heteroatoms. The van der Waals surface area contributed by atoms with Crippen LogP contribution in [0, 0.1) is 13.8 Å². The zero-order chi connectivity index (χ0) is 16.4. The van der Waals surface area contributed by atoms with Gasteiger partial charge in [-0.1, -0.05) is 0 Å².